The fourth-order valence-corrected chi connectivity index (χ4v) is 4.85. The molecule has 1 amide bonds. The summed E-state index contributed by atoms with van der Waals surface area (Å²) < 4.78 is 37.9. The summed E-state index contributed by atoms with van der Waals surface area (Å²) in [5, 5.41) is 0. The van der Waals surface area contributed by atoms with E-state index in [-0.39, 0.29) is 30.8 Å². The highest BCUT2D eigenvalue weighted by Gasteiger charge is 2.24. The van der Waals surface area contributed by atoms with E-state index < -0.39 is 27.9 Å². The summed E-state index contributed by atoms with van der Waals surface area (Å²) in [6.07, 6.45) is 0.205. The number of esters is 2. The van der Waals surface area contributed by atoms with Gasteiger partial charge in [-0.3, -0.25) is 14.4 Å². The number of hydrogen-bond donors (Lipinski definition) is 0. The Morgan fingerprint density at radius 1 is 1.03 bits per heavy atom. The number of imidazole rings is 1. The Morgan fingerprint density at radius 2 is 1.61 bits per heavy atom. The zero-order valence-electron chi connectivity index (χ0n) is 19.5. The van der Waals surface area contributed by atoms with E-state index in [2.05, 4.69) is 14.5 Å². The first-order valence-electron chi connectivity index (χ1n) is 10.5. The summed E-state index contributed by atoms with van der Waals surface area (Å²) in [6, 6.07) is 4.75. The van der Waals surface area contributed by atoms with Gasteiger partial charge in [0.2, 0.25) is 15.9 Å². The number of sulfonamides is 1. The van der Waals surface area contributed by atoms with Crippen LogP contribution in [0.3, 0.4) is 0 Å². The molecule has 12 heteroatoms. The van der Waals surface area contributed by atoms with Crippen molar-refractivity contribution in [2.75, 3.05) is 40.4 Å². The molecular formula is C21H30N4O7S. The van der Waals surface area contributed by atoms with E-state index in [9.17, 15) is 22.8 Å². The van der Waals surface area contributed by atoms with Gasteiger partial charge < -0.3 is 18.9 Å². The van der Waals surface area contributed by atoms with Crippen LogP contribution in [0.2, 0.25) is 0 Å². The number of rotatable bonds is 11. The Kier molecular flexibility index (Phi) is 8.94. The van der Waals surface area contributed by atoms with Gasteiger partial charge in [0.1, 0.15) is 18.9 Å². The number of benzene rings is 1. The molecule has 0 spiro atoms. The van der Waals surface area contributed by atoms with Crippen LogP contribution in [0.15, 0.2) is 23.1 Å². The maximum Gasteiger partial charge on any atom is 0.325 e. The van der Waals surface area contributed by atoms with Crippen LogP contribution in [-0.2, 0) is 47.3 Å². The number of fused-ring (bicyclic) bond motifs is 1. The maximum absolute atomic E-state index is 12.8. The van der Waals surface area contributed by atoms with Gasteiger partial charge in [-0.15, -0.1) is 0 Å². The van der Waals surface area contributed by atoms with Crippen molar-refractivity contribution in [1.29, 1.82) is 0 Å². The van der Waals surface area contributed by atoms with Crippen LogP contribution in [-0.4, -0.2) is 85.4 Å². The van der Waals surface area contributed by atoms with E-state index in [0.717, 1.165) is 10.4 Å². The van der Waals surface area contributed by atoms with Crippen molar-refractivity contribution in [2.24, 2.45) is 7.05 Å². The number of ether oxygens (including phenoxy) is 2. The number of hydrogen-bond acceptors (Lipinski definition) is 8. The van der Waals surface area contributed by atoms with Gasteiger partial charge in [-0.1, -0.05) is 13.8 Å². The van der Waals surface area contributed by atoms with Crippen LogP contribution in [0, 0.1) is 0 Å². The molecule has 0 aliphatic heterocycles. The molecule has 2 rings (SSSR count). The average Bonchev–Trinajstić information content (AvgIpc) is 3.12. The molecule has 0 atom stereocenters. The van der Waals surface area contributed by atoms with Crippen LogP contribution in [0.25, 0.3) is 11.0 Å². The standard InChI is InChI=1S/C21H30N4O7S/c1-6-25(7-2)33(29,30)15-8-9-17-16(12-15)22-18(23(17)3)10-11-19(26)24(13-20(27)31-4)14-21(28)32-5/h8-9,12H,6-7,10-11,13-14H2,1-5H3. The van der Waals surface area contributed by atoms with Crippen LogP contribution in [0.5, 0.6) is 0 Å². The molecule has 0 N–H and O–H groups in total. The van der Waals surface area contributed by atoms with Crippen molar-refractivity contribution < 1.29 is 32.3 Å². The summed E-state index contributed by atoms with van der Waals surface area (Å²) in [6.45, 7) is 3.53. The smallest absolute Gasteiger partial charge is 0.325 e. The first-order valence-corrected chi connectivity index (χ1v) is 11.9. The maximum atomic E-state index is 12.8. The van der Waals surface area contributed by atoms with E-state index >= 15 is 0 Å². The predicted molar refractivity (Wildman–Crippen MR) is 120 cm³/mol. The second kappa shape index (κ2) is 11.2. The number of carbonyl (C=O) groups excluding carboxylic acids is 3. The van der Waals surface area contributed by atoms with Gasteiger partial charge in [0, 0.05) is 33.0 Å². The summed E-state index contributed by atoms with van der Waals surface area (Å²) in [7, 11) is 0.530. The third kappa shape index (κ3) is 6.08. The van der Waals surface area contributed by atoms with Gasteiger partial charge in [-0.25, -0.2) is 13.4 Å². The average molecular weight is 483 g/mol. The Morgan fingerprint density at radius 3 is 2.12 bits per heavy atom. The molecule has 0 aliphatic carbocycles. The zero-order valence-corrected chi connectivity index (χ0v) is 20.3. The third-order valence-corrected chi connectivity index (χ3v) is 7.34. The van der Waals surface area contributed by atoms with E-state index in [4.69, 9.17) is 0 Å². The number of amides is 1. The van der Waals surface area contributed by atoms with Gasteiger partial charge >= 0.3 is 11.9 Å². The van der Waals surface area contributed by atoms with Crippen molar-refractivity contribution in [3.63, 3.8) is 0 Å². The molecule has 182 valence electrons. The molecule has 11 nitrogen and oxygen atoms in total. The topological polar surface area (TPSA) is 128 Å². The quantitative estimate of drug-likeness (QED) is 0.429. The lowest BCUT2D eigenvalue weighted by molar-refractivity contribution is -0.152. The Bertz CT molecular complexity index is 1110. The van der Waals surface area contributed by atoms with Gasteiger partial charge in [-0.2, -0.15) is 4.31 Å². The Hall–Kier alpha value is -2.99. The van der Waals surface area contributed by atoms with Crippen LogP contribution >= 0.6 is 0 Å². The minimum absolute atomic E-state index is 0.0181. The number of carbonyl (C=O) groups is 3. The largest absolute Gasteiger partial charge is 0.468 e. The fraction of sp³-hybridized carbons (Fsp3) is 0.524. The summed E-state index contributed by atoms with van der Waals surface area (Å²) in [5.41, 5.74) is 1.21. The lowest BCUT2D eigenvalue weighted by Crippen LogP contribution is -2.40. The second-order valence-corrected chi connectivity index (χ2v) is 9.17. The molecule has 0 aliphatic rings. The first-order chi connectivity index (χ1) is 15.6. The van der Waals surface area contributed by atoms with E-state index in [0.29, 0.717) is 24.4 Å². The van der Waals surface area contributed by atoms with Crippen molar-refractivity contribution in [3.8, 4) is 0 Å². The molecule has 0 radical (unpaired) electrons. The summed E-state index contributed by atoms with van der Waals surface area (Å²) in [4.78, 5) is 41.6. The third-order valence-electron chi connectivity index (χ3n) is 5.30. The van der Waals surface area contributed by atoms with E-state index in [1.165, 1.54) is 24.6 Å². The molecule has 1 aromatic heterocycles. The number of methoxy groups -OCH3 is 2. The van der Waals surface area contributed by atoms with Crippen molar-refractivity contribution in [1.82, 2.24) is 18.8 Å². The second-order valence-electron chi connectivity index (χ2n) is 7.23. The first kappa shape index (κ1) is 26.3. The lowest BCUT2D eigenvalue weighted by Gasteiger charge is -2.20. The molecule has 33 heavy (non-hydrogen) atoms. The Labute approximate surface area is 193 Å². The SMILES string of the molecule is CCN(CC)S(=O)(=O)c1ccc2c(c1)nc(CCC(=O)N(CC(=O)OC)CC(=O)OC)n2C. The summed E-state index contributed by atoms with van der Waals surface area (Å²) in [5.74, 6) is -1.19. The van der Waals surface area contributed by atoms with Gasteiger partial charge in [0.15, 0.2) is 0 Å². The van der Waals surface area contributed by atoms with E-state index in [1.54, 1.807) is 37.6 Å². The number of aromatic nitrogens is 2. The highest BCUT2D eigenvalue weighted by molar-refractivity contribution is 7.89. The predicted octanol–water partition coefficient (Wildman–Crippen LogP) is 0.711. The Balaban J connectivity index is 2.24. The molecule has 0 bridgehead atoms. The molecule has 1 heterocycles. The fourth-order valence-electron chi connectivity index (χ4n) is 3.38. The van der Waals surface area contributed by atoms with Crippen LogP contribution in [0.4, 0.5) is 0 Å². The normalized spacial score (nSPS) is 11.6. The van der Waals surface area contributed by atoms with Gasteiger partial charge in [0.25, 0.3) is 0 Å². The van der Waals surface area contributed by atoms with Crippen molar-refractivity contribution in [2.45, 2.75) is 31.6 Å². The van der Waals surface area contributed by atoms with Crippen LogP contribution in [0.1, 0.15) is 26.1 Å². The molecule has 1 aromatic carbocycles. The lowest BCUT2D eigenvalue weighted by atomic mass is 10.2. The van der Waals surface area contributed by atoms with Crippen molar-refractivity contribution >= 4 is 38.9 Å². The highest BCUT2D eigenvalue weighted by atomic mass is 32.2. The number of aryl methyl sites for hydroxylation is 2. The molecular weight excluding hydrogens is 452 g/mol. The zero-order chi connectivity index (χ0) is 24.8. The molecule has 0 fully saturated rings. The van der Waals surface area contributed by atoms with E-state index in [1.807, 2.05) is 0 Å². The molecule has 0 saturated carbocycles. The molecule has 0 unspecified atom stereocenters. The molecule has 2 aromatic rings. The van der Waals surface area contributed by atoms with Gasteiger partial charge in [-0.05, 0) is 18.2 Å². The van der Waals surface area contributed by atoms with Gasteiger partial charge in [0.05, 0.1) is 30.1 Å². The monoisotopic (exact) mass is 482 g/mol. The summed E-state index contributed by atoms with van der Waals surface area (Å²) >= 11 is 0. The van der Waals surface area contributed by atoms with Crippen LogP contribution < -0.4 is 0 Å². The molecule has 0 saturated heterocycles. The highest BCUT2D eigenvalue weighted by Crippen LogP contribution is 2.23. The minimum Gasteiger partial charge on any atom is -0.468 e. The number of nitrogens with zero attached hydrogens (tertiary/aromatic N) is 4. The van der Waals surface area contributed by atoms with Crippen molar-refractivity contribution in [3.05, 3.63) is 24.0 Å². The minimum atomic E-state index is -3.63.